The van der Waals surface area contributed by atoms with Gasteiger partial charge in [-0.3, -0.25) is 4.90 Å². The van der Waals surface area contributed by atoms with Gasteiger partial charge in [-0.05, 0) is 17.2 Å². The van der Waals surface area contributed by atoms with Crippen LogP contribution in [0.2, 0.25) is 0 Å². The minimum atomic E-state index is 0.208. The molecule has 4 heteroatoms. The Morgan fingerprint density at radius 1 is 1.29 bits per heavy atom. The van der Waals surface area contributed by atoms with E-state index in [0.717, 1.165) is 31.9 Å². The van der Waals surface area contributed by atoms with E-state index in [0.29, 0.717) is 13.2 Å². The van der Waals surface area contributed by atoms with Gasteiger partial charge >= 0.3 is 0 Å². The first kappa shape index (κ1) is 11.0. The highest BCUT2D eigenvalue weighted by atomic mass is 16.6. The summed E-state index contributed by atoms with van der Waals surface area (Å²) in [6.45, 7) is 4.98. The fraction of sp³-hybridized carbons (Fsp3) is 0.538. The fourth-order valence-electron chi connectivity index (χ4n) is 2.57. The Morgan fingerprint density at radius 2 is 2.24 bits per heavy atom. The highest BCUT2D eigenvalue weighted by Gasteiger charge is 2.24. The lowest BCUT2D eigenvalue weighted by molar-refractivity contribution is -0.0980. The van der Waals surface area contributed by atoms with Gasteiger partial charge in [0.15, 0.2) is 0 Å². The Balaban J connectivity index is 1.63. The van der Waals surface area contributed by atoms with Crippen molar-refractivity contribution < 1.29 is 9.47 Å². The smallest absolute Gasteiger partial charge is 0.0936 e. The van der Waals surface area contributed by atoms with Gasteiger partial charge < -0.3 is 15.2 Å². The van der Waals surface area contributed by atoms with E-state index in [9.17, 15) is 0 Å². The minimum absolute atomic E-state index is 0.208. The average Bonchev–Trinajstić information content (AvgIpc) is 2.74. The van der Waals surface area contributed by atoms with E-state index in [1.807, 2.05) is 12.1 Å². The Morgan fingerprint density at radius 3 is 3.00 bits per heavy atom. The van der Waals surface area contributed by atoms with Gasteiger partial charge in [0.1, 0.15) is 0 Å². The number of hydrogen-bond acceptors (Lipinski definition) is 4. The summed E-state index contributed by atoms with van der Waals surface area (Å²) in [6.07, 6.45) is 0.208. The SMILES string of the molecule is Nc1cccc2c1CN(CC1COCCO1)C2. The molecule has 1 aromatic rings. The van der Waals surface area contributed by atoms with Crippen LogP contribution in [0.4, 0.5) is 5.69 Å². The fourth-order valence-corrected chi connectivity index (χ4v) is 2.57. The maximum atomic E-state index is 5.98. The first-order valence-corrected chi connectivity index (χ1v) is 6.11. The summed E-state index contributed by atoms with van der Waals surface area (Å²) >= 11 is 0. The van der Waals surface area contributed by atoms with E-state index >= 15 is 0 Å². The average molecular weight is 234 g/mol. The molecule has 2 aliphatic heterocycles. The van der Waals surface area contributed by atoms with Crippen LogP contribution in [0, 0.1) is 0 Å². The van der Waals surface area contributed by atoms with Crippen LogP contribution in [-0.4, -0.2) is 37.4 Å². The molecule has 2 aliphatic rings. The second kappa shape index (κ2) is 4.64. The molecule has 2 N–H and O–H groups in total. The molecule has 0 radical (unpaired) electrons. The summed E-state index contributed by atoms with van der Waals surface area (Å²) < 4.78 is 11.1. The molecule has 3 rings (SSSR count). The maximum absolute atomic E-state index is 5.98. The summed E-state index contributed by atoms with van der Waals surface area (Å²) in [4.78, 5) is 2.38. The first-order chi connectivity index (χ1) is 8.33. The molecule has 0 amide bonds. The molecule has 1 aromatic carbocycles. The number of nitrogens with zero attached hydrogens (tertiary/aromatic N) is 1. The highest BCUT2D eigenvalue weighted by Crippen LogP contribution is 2.27. The minimum Gasteiger partial charge on any atom is -0.398 e. The topological polar surface area (TPSA) is 47.7 Å². The third-order valence-corrected chi connectivity index (χ3v) is 3.43. The monoisotopic (exact) mass is 234 g/mol. The van der Waals surface area contributed by atoms with Crippen molar-refractivity contribution in [2.75, 3.05) is 32.1 Å². The van der Waals surface area contributed by atoms with E-state index < -0.39 is 0 Å². The van der Waals surface area contributed by atoms with E-state index in [1.165, 1.54) is 11.1 Å². The molecule has 2 heterocycles. The molecule has 92 valence electrons. The van der Waals surface area contributed by atoms with Crippen molar-refractivity contribution in [1.29, 1.82) is 0 Å². The molecule has 4 nitrogen and oxygen atoms in total. The van der Waals surface area contributed by atoms with Crippen molar-refractivity contribution in [2.45, 2.75) is 19.2 Å². The molecule has 1 saturated heterocycles. The number of fused-ring (bicyclic) bond motifs is 1. The molecule has 0 saturated carbocycles. The number of anilines is 1. The van der Waals surface area contributed by atoms with Gasteiger partial charge in [-0.15, -0.1) is 0 Å². The summed E-state index contributed by atoms with van der Waals surface area (Å²) in [6, 6.07) is 6.16. The molecule has 0 bridgehead atoms. The number of hydrogen-bond donors (Lipinski definition) is 1. The molecular formula is C13H18N2O2. The molecule has 0 aliphatic carbocycles. The van der Waals surface area contributed by atoms with Crippen molar-refractivity contribution in [3.63, 3.8) is 0 Å². The van der Waals surface area contributed by atoms with Crippen LogP contribution >= 0.6 is 0 Å². The van der Waals surface area contributed by atoms with Crippen LogP contribution in [0.5, 0.6) is 0 Å². The Hall–Kier alpha value is -1.10. The Bertz CT molecular complexity index is 402. The number of nitrogen functional groups attached to an aromatic ring is 1. The van der Waals surface area contributed by atoms with Crippen molar-refractivity contribution in [1.82, 2.24) is 4.90 Å². The Labute approximate surface area is 101 Å². The van der Waals surface area contributed by atoms with E-state index in [4.69, 9.17) is 15.2 Å². The van der Waals surface area contributed by atoms with Crippen molar-refractivity contribution >= 4 is 5.69 Å². The molecule has 0 spiro atoms. The molecule has 1 fully saturated rings. The molecular weight excluding hydrogens is 216 g/mol. The van der Waals surface area contributed by atoms with Gasteiger partial charge in [0.25, 0.3) is 0 Å². The number of benzene rings is 1. The van der Waals surface area contributed by atoms with Gasteiger partial charge in [-0.25, -0.2) is 0 Å². The highest BCUT2D eigenvalue weighted by molar-refractivity contribution is 5.52. The van der Waals surface area contributed by atoms with E-state index in [1.54, 1.807) is 0 Å². The van der Waals surface area contributed by atoms with E-state index in [2.05, 4.69) is 11.0 Å². The van der Waals surface area contributed by atoms with Gasteiger partial charge in [0.05, 0.1) is 25.9 Å². The second-order valence-electron chi connectivity index (χ2n) is 4.72. The summed E-state index contributed by atoms with van der Waals surface area (Å²) in [5.41, 5.74) is 9.52. The predicted octanol–water partition coefficient (Wildman–Crippen LogP) is 1.000. The molecule has 1 atom stereocenters. The van der Waals surface area contributed by atoms with Crippen molar-refractivity contribution in [3.8, 4) is 0 Å². The molecule has 1 unspecified atom stereocenters. The molecule has 0 aromatic heterocycles. The standard InChI is InChI=1S/C13H18N2O2/c14-13-3-1-2-10-6-15(8-12(10)13)7-11-9-16-4-5-17-11/h1-3,11H,4-9,14H2. The molecule has 17 heavy (non-hydrogen) atoms. The second-order valence-corrected chi connectivity index (χ2v) is 4.72. The Kier molecular flexibility index (Phi) is 3.01. The normalized spacial score (nSPS) is 24.8. The van der Waals surface area contributed by atoms with Crippen LogP contribution in [0.3, 0.4) is 0 Å². The summed E-state index contributed by atoms with van der Waals surface area (Å²) in [7, 11) is 0. The van der Waals surface area contributed by atoms with E-state index in [-0.39, 0.29) is 6.10 Å². The number of ether oxygens (including phenoxy) is 2. The van der Waals surface area contributed by atoms with Gasteiger partial charge in [-0.2, -0.15) is 0 Å². The number of rotatable bonds is 2. The van der Waals surface area contributed by atoms with Crippen molar-refractivity contribution in [3.05, 3.63) is 29.3 Å². The zero-order valence-electron chi connectivity index (χ0n) is 9.89. The van der Waals surface area contributed by atoms with Crippen LogP contribution in [0.25, 0.3) is 0 Å². The maximum Gasteiger partial charge on any atom is 0.0936 e. The third-order valence-electron chi connectivity index (χ3n) is 3.43. The van der Waals surface area contributed by atoms with Crippen LogP contribution < -0.4 is 5.73 Å². The van der Waals surface area contributed by atoms with Gasteiger partial charge in [0, 0.05) is 25.3 Å². The van der Waals surface area contributed by atoms with Crippen LogP contribution in [0.15, 0.2) is 18.2 Å². The predicted molar refractivity (Wildman–Crippen MR) is 65.5 cm³/mol. The quantitative estimate of drug-likeness (QED) is 0.776. The lowest BCUT2D eigenvalue weighted by Gasteiger charge is -2.27. The zero-order valence-corrected chi connectivity index (χ0v) is 9.89. The van der Waals surface area contributed by atoms with Gasteiger partial charge in [0.2, 0.25) is 0 Å². The first-order valence-electron chi connectivity index (χ1n) is 6.11. The summed E-state index contributed by atoms with van der Waals surface area (Å²) in [5.74, 6) is 0. The van der Waals surface area contributed by atoms with Gasteiger partial charge in [-0.1, -0.05) is 12.1 Å². The number of nitrogens with two attached hydrogens (primary N) is 1. The van der Waals surface area contributed by atoms with Crippen LogP contribution in [0.1, 0.15) is 11.1 Å². The summed E-state index contributed by atoms with van der Waals surface area (Å²) in [5, 5.41) is 0. The van der Waals surface area contributed by atoms with Crippen LogP contribution in [-0.2, 0) is 22.6 Å². The largest absolute Gasteiger partial charge is 0.398 e. The third kappa shape index (κ3) is 2.29. The lowest BCUT2D eigenvalue weighted by atomic mass is 10.1. The lowest BCUT2D eigenvalue weighted by Crippen LogP contribution is -2.37. The van der Waals surface area contributed by atoms with Crippen molar-refractivity contribution in [2.24, 2.45) is 0 Å². The zero-order chi connectivity index (χ0) is 11.7.